The summed E-state index contributed by atoms with van der Waals surface area (Å²) in [5, 5.41) is 5.50. The number of nitrogens with one attached hydrogen (secondary N) is 2. The first kappa shape index (κ1) is 16.7. The molecule has 7 nitrogen and oxygen atoms in total. The fourth-order valence-corrected chi connectivity index (χ4v) is 1.54. The molecule has 1 aromatic heterocycles. The molecule has 2 N–H and O–H groups in total. The fourth-order valence-electron chi connectivity index (χ4n) is 1.54. The van der Waals surface area contributed by atoms with Crippen LogP contribution in [-0.4, -0.2) is 29.7 Å². The molecular formula is C14H21N3O4. The molecule has 21 heavy (non-hydrogen) atoms. The van der Waals surface area contributed by atoms with Crippen molar-refractivity contribution in [1.82, 2.24) is 4.98 Å². The van der Waals surface area contributed by atoms with Gasteiger partial charge >= 0.3 is 12.1 Å². The van der Waals surface area contributed by atoms with Crippen LogP contribution in [0.15, 0.2) is 12.3 Å². The van der Waals surface area contributed by atoms with Crippen LogP contribution in [0.25, 0.3) is 0 Å². The van der Waals surface area contributed by atoms with Crippen LogP contribution in [0.4, 0.5) is 16.3 Å². The lowest BCUT2D eigenvalue weighted by Gasteiger charge is -2.21. The zero-order valence-electron chi connectivity index (χ0n) is 12.9. The van der Waals surface area contributed by atoms with E-state index in [1.54, 1.807) is 40.1 Å². The van der Waals surface area contributed by atoms with Crippen LogP contribution in [0.1, 0.15) is 33.3 Å². The molecule has 0 saturated heterocycles. The molecule has 0 aliphatic carbocycles. The summed E-state index contributed by atoms with van der Waals surface area (Å²) in [6, 6.07) is 1.66. The molecule has 0 aromatic carbocycles. The third-order valence-corrected chi connectivity index (χ3v) is 2.33. The maximum Gasteiger partial charge on any atom is 0.412 e. The molecule has 0 aliphatic rings. The summed E-state index contributed by atoms with van der Waals surface area (Å²) in [6.45, 7) is 6.68. The predicted molar refractivity (Wildman–Crippen MR) is 79.1 cm³/mol. The van der Waals surface area contributed by atoms with E-state index >= 15 is 0 Å². The van der Waals surface area contributed by atoms with Crippen LogP contribution in [-0.2, 0) is 20.9 Å². The van der Waals surface area contributed by atoms with Gasteiger partial charge in [-0.3, -0.25) is 10.1 Å². The molecule has 7 heteroatoms. The van der Waals surface area contributed by atoms with Crippen LogP contribution >= 0.6 is 0 Å². The summed E-state index contributed by atoms with van der Waals surface area (Å²) in [6.07, 6.45) is 0.960. The molecule has 0 fully saturated rings. The average Bonchev–Trinajstić information content (AvgIpc) is 2.34. The second-order valence-electron chi connectivity index (χ2n) is 5.35. The number of anilines is 2. The van der Waals surface area contributed by atoms with Gasteiger partial charge in [0.2, 0.25) is 0 Å². The number of amides is 1. The van der Waals surface area contributed by atoms with E-state index in [-0.39, 0.29) is 6.61 Å². The second-order valence-corrected chi connectivity index (χ2v) is 5.35. The highest BCUT2D eigenvalue weighted by atomic mass is 16.6. The standard InChI is InChI=1S/C14H21N3O4/c1-9(18)20-8-10-6-7-16-12(15-5)11(10)17-13(19)21-14(2,3)4/h6-7H,8H2,1-5H3,(H,15,16)(H,17,19). The van der Waals surface area contributed by atoms with E-state index in [2.05, 4.69) is 15.6 Å². The number of ether oxygens (including phenoxy) is 2. The minimum absolute atomic E-state index is 0.0393. The summed E-state index contributed by atoms with van der Waals surface area (Å²) in [5.41, 5.74) is 0.438. The Bertz CT molecular complexity index is 523. The Hall–Kier alpha value is -2.31. The summed E-state index contributed by atoms with van der Waals surface area (Å²) in [5.74, 6) is 0.0616. The number of carbonyl (C=O) groups excluding carboxylic acids is 2. The number of pyridine rings is 1. The number of hydrogen-bond acceptors (Lipinski definition) is 6. The number of hydrogen-bond donors (Lipinski definition) is 2. The number of aromatic nitrogens is 1. The van der Waals surface area contributed by atoms with E-state index in [9.17, 15) is 9.59 Å². The SMILES string of the molecule is CNc1nccc(COC(C)=O)c1NC(=O)OC(C)(C)C. The molecule has 1 aromatic rings. The number of esters is 1. The molecule has 0 unspecified atom stereocenters. The Morgan fingerprint density at radius 1 is 1.33 bits per heavy atom. The topological polar surface area (TPSA) is 89.6 Å². The van der Waals surface area contributed by atoms with Gasteiger partial charge in [0.05, 0.1) is 5.69 Å². The van der Waals surface area contributed by atoms with Crippen molar-refractivity contribution in [1.29, 1.82) is 0 Å². The molecule has 1 rings (SSSR count). The van der Waals surface area contributed by atoms with E-state index in [0.717, 1.165) is 0 Å². The zero-order chi connectivity index (χ0) is 16.0. The quantitative estimate of drug-likeness (QED) is 0.830. The lowest BCUT2D eigenvalue weighted by Crippen LogP contribution is -2.28. The molecule has 0 saturated carbocycles. The number of carbonyl (C=O) groups is 2. The van der Waals surface area contributed by atoms with Gasteiger partial charge in [-0.25, -0.2) is 9.78 Å². The van der Waals surface area contributed by atoms with E-state index in [4.69, 9.17) is 9.47 Å². The van der Waals surface area contributed by atoms with E-state index in [1.165, 1.54) is 6.92 Å². The summed E-state index contributed by atoms with van der Waals surface area (Å²) < 4.78 is 10.2. The Morgan fingerprint density at radius 2 is 2.00 bits per heavy atom. The van der Waals surface area contributed by atoms with E-state index in [0.29, 0.717) is 17.1 Å². The zero-order valence-corrected chi connectivity index (χ0v) is 12.9. The fraction of sp³-hybridized carbons (Fsp3) is 0.500. The van der Waals surface area contributed by atoms with Gasteiger partial charge in [0.15, 0.2) is 0 Å². The molecular weight excluding hydrogens is 274 g/mol. The number of nitrogens with zero attached hydrogens (tertiary/aromatic N) is 1. The highest BCUT2D eigenvalue weighted by molar-refractivity contribution is 5.90. The Kier molecular flexibility index (Phi) is 5.52. The predicted octanol–water partition coefficient (Wildman–Crippen LogP) is 2.53. The van der Waals surface area contributed by atoms with Crippen molar-refractivity contribution in [2.24, 2.45) is 0 Å². The molecule has 1 amide bonds. The van der Waals surface area contributed by atoms with Gasteiger partial charge in [-0.15, -0.1) is 0 Å². The second kappa shape index (κ2) is 6.92. The van der Waals surface area contributed by atoms with Crippen molar-refractivity contribution in [3.8, 4) is 0 Å². The summed E-state index contributed by atoms with van der Waals surface area (Å²) in [7, 11) is 1.68. The third-order valence-electron chi connectivity index (χ3n) is 2.33. The van der Waals surface area contributed by atoms with Gasteiger partial charge in [-0.05, 0) is 26.8 Å². The number of rotatable bonds is 4. The molecule has 0 bridgehead atoms. The normalized spacial score (nSPS) is 10.7. The van der Waals surface area contributed by atoms with Gasteiger partial charge in [0, 0.05) is 25.7 Å². The molecule has 0 spiro atoms. The Morgan fingerprint density at radius 3 is 2.52 bits per heavy atom. The van der Waals surface area contributed by atoms with Crippen LogP contribution in [0.5, 0.6) is 0 Å². The van der Waals surface area contributed by atoms with E-state index in [1.807, 2.05) is 0 Å². The van der Waals surface area contributed by atoms with Crippen molar-refractivity contribution >= 4 is 23.6 Å². The van der Waals surface area contributed by atoms with E-state index < -0.39 is 17.7 Å². The smallest absolute Gasteiger partial charge is 0.412 e. The largest absolute Gasteiger partial charge is 0.461 e. The molecule has 116 valence electrons. The van der Waals surface area contributed by atoms with Crippen LogP contribution in [0.3, 0.4) is 0 Å². The van der Waals surface area contributed by atoms with Crippen molar-refractivity contribution < 1.29 is 19.1 Å². The maximum atomic E-state index is 11.9. The minimum atomic E-state index is -0.609. The molecule has 0 radical (unpaired) electrons. The first-order valence-corrected chi connectivity index (χ1v) is 6.52. The minimum Gasteiger partial charge on any atom is -0.461 e. The van der Waals surface area contributed by atoms with Gasteiger partial charge < -0.3 is 14.8 Å². The van der Waals surface area contributed by atoms with Gasteiger partial charge in [-0.2, -0.15) is 0 Å². The first-order chi connectivity index (χ1) is 9.73. The van der Waals surface area contributed by atoms with Crippen molar-refractivity contribution in [3.05, 3.63) is 17.8 Å². The monoisotopic (exact) mass is 295 g/mol. The summed E-state index contributed by atoms with van der Waals surface area (Å²) in [4.78, 5) is 26.9. The van der Waals surface area contributed by atoms with Gasteiger partial charge in [-0.1, -0.05) is 0 Å². The average molecular weight is 295 g/mol. The molecule has 0 atom stereocenters. The Balaban J connectivity index is 2.96. The highest BCUT2D eigenvalue weighted by Gasteiger charge is 2.19. The molecule has 1 heterocycles. The van der Waals surface area contributed by atoms with Crippen LogP contribution < -0.4 is 10.6 Å². The Labute approximate surface area is 124 Å². The van der Waals surface area contributed by atoms with Crippen molar-refractivity contribution in [2.75, 3.05) is 17.7 Å². The molecule has 0 aliphatic heterocycles. The highest BCUT2D eigenvalue weighted by Crippen LogP contribution is 2.25. The third kappa shape index (κ3) is 5.68. The lowest BCUT2D eigenvalue weighted by molar-refractivity contribution is -0.142. The maximum absolute atomic E-state index is 11.9. The first-order valence-electron chi connectivity index (χ1n) is 6.52. The van der Waals surface area contributed by atoms with Crippen LogP contribution in [0.2, 0.25) is 0 Å². The van der Waals surface area contributed by atoms with Crippen molar-refractivity contribution in [3.63, 3.8) is 0 Å². The van der Waals surface area contributed by atoms with Crippen LogP contribution in [0, 0.1) is 0 Å². The van der Waals surface area contributed by atoms with Gasteiger partial charge in [0.25, 0.3) is 0 Å². The van der Waals surface area contributed by atoms with Crippen molar-refractivity contribution in [2.45, 2.75) is 39.9 Å². The summed E-state index contributed by atoms with van der Waals surface area (Å²) >= 11 is 0. The lowest BCUT2D eigenvalue weighted by atomic mass is 10.2. The van der Waals surface area contributed by atoms with Gasteiger partial charge in [0.1, 0.15) is 18.0 Å².